The summed E-state index contributed by atoms with van der Waals surface area (Å²) in [5, 5.41) is 9.86. The average molecular weight is 800 g/mol. The van der Waals surface area contributed by atoms with Crippen molar-refractivity contribution >= 4 is 46.8 Å². The van der Waals surface area contributed by atoms with Gasteiger partial charge in [0, 0.05) is 34.1 Å². The Morgan fingerprint density at radius 2 is 1.62 bits per heavy atom. The highest BCUT2D eigenvalue weighted by molar-refractivity contribution is 6.06. The number of benzene rings is 2. The van der Waals surface area contributed by atoms with E-state index in [0.717, 1.165) is 5.56 Å². The summed E-state index contributed by atoms with van der Waals surface area (Å²) in [6, 6.07) is 14.7. The first-order valence-corrected chi connectivity index (χ1v) is 19.2. The lowest BCUT2D eigenvalue weighted by Crippen LogP contribution is -2.56. The van der Waals surface area contributed by atoms with E-state index in [-0.39, 0.29) is 36.1 Å². The Labute approximate surface area is 338 Å². The van der Waals surface area contributed by atoms with Gasteiger partial charge in [-0.15, -0.1) is 0 Å². The number of hydrogen-bond donors (Lipinski definition) is 2. The minimum atomic E-state index is -1.16. The van der Waals surface area contributed by atoms with Crippen LogP contribution in [0.5, 0.6) is 5.88 Å². The summed E-state index contributed by atoms with van der Waals surface area (Å²) >= 11 is 0. The number of ether oxygens (including phenoxy) is 3. The zero-order valence-corrected chi connectivity index (χ0v) is 34.9. The number of carbonyl (C=O) groups is 4. The molecule has 4 amide bonds. The molecule has 1 fully saturated rings. The van der Waals surface area contributed by atoms with Gasteiger partial charge in [0.1, 0.15) is 23.1 Å². The molecule has 1 aliphatic rings. The van der Waals surface area contributed by atoms with E-state index in [0.29, 0.717) is 35.6 Å². The van der Waals surface area contributed by atoms with Gasteiger partial charge in [0.2, 0.25) is 5.88 Å². The molecule has 5 rings (SSSR count). The SMILES string of the molecule is C=C(F)C(=O)Nc1cccc(C(=O)Nc2cccc(CN(C(=O)OC(C)(C)C)c3cc(O[C@@H]4CCC(C)(C)N(C(=O)OC(C)(C)C)C4)nc4c(C(C)C)cnn34)c2)c1. The second-order valence-electron chi connectivity index (χ2n) is 17.3. The molecule has 0 aliphatic carbocycles. The van der Waals surface area contributed by atoms with Crippen LogP contribution in [0.15, 0.2) is 73.2 Å². The van der Waals surface area contributed by atoms with Crippen molar-refractivity contribution in [3.63, 3.8) is 0 Å². The molecule has 2 N–H and O–H groups in total. The average Bonchev–Trinajstić information content (AvgIpc) is 3.54. The predicted octanol–water partition coefficient (Wildman–Crippen LogP) is 9.03. The summed E-state index contributed by atoms with van der Waals surface area (Å²) in [5.41, 5.74) is 0.836. The monoisotopic (exact) mass is 799 g/mol. The molecule has 0 bridgehead atoms. The molecule has 2 aromatic carbocycles. The van der Waals surface area contributed by atoms with E-state index in [9.17, 15) is 23.6 Å². The maximum atomic E-state index is 14.2. The van der Waals surface area contributed by atoms with E-state index < -0.39 is 52.7 Å². The minimum Gasteiger partial charge on any atom is -0.472 e. The molecule has 0 saturated carbocycles. The number of piperidine rings is 1. The third-order valence-corrected chi connectivity index (χ3v) is 9.22. The van der Waals surface area contributed by atoms with Crippen molar-refractivity contribution in [1.82, 2.24) is 19.5 Å². The van der Waals surface area contributed by atoms with Crippen molar-refractivity contribution in [3.8, 4) is 5.88 Å². The Morgan fingerprint density at radius 1 is 0.966 bits per heavy atom. The van der Waals surface area contributed by atoms with Crippen molar-refractivity contribution < 1.29 is 37.8 Å². The van der Waals surface area contributed by atoms with Crippen molar-refractivity contribution in [2.45, 2.75) is 117 Å². The fourth-order valence-electron chi connectivity index (χ4n) is 6.33. The third kappa shape index (κ3) is 10.9. The number of halogens is 1. The van der Waals surface area contributed by atoms with E-state index in [1.54, 1.807) is 78.8 Å². The lowest BCUT2D eigenvalue weighted by atomic mass is 9.89. The number of rotatable bonds is 10. The Bertz CT molecular complexity index is 2200. The van der Waals surface area contributed by atoms with E-state index in [1.807, 2.05) is 48.5 Å². The number of anilines is 3. The first-order valence-electron chi connectivity index (χ1n) is 19.2. The van der Waals surface area contributed by atoms with Crippen LogP contribution in [-0.2, 0) is 20.8 Å². The number of likely N-dealkylation sites (tertiary alicyclic amines) is 1. The minimum absolute atomic E-state index is 0.00722. The van der Waals surface area contributed by atoms with Gasteiger partial charge in [0.05, 0.1) is 19.3 Å². The molecule has 4 aromatic rings. The van der Waals surface area contributed by atoms with Crippen LogP contribution < -0.4 is 20.3 Å². The second kappa shape index (κ2) is 16.9. The normalized spacial score (nSPS) is 15.4. The van der Waals surface area contributed by atoms with Crippen LogP contribution in [0.2, 0.25) is 0 Å². The van der Waals surface area contributed by atoms with Gasteiger partial charge in [-0.1, -0.05) is 38.6 Å². The van der Waals surface area contributed by atoms with E-state index in [4.69, 9.17) is 19.2 Å². The molecule has 1 saturated heterocycles. The molecular formula is C43H54FN7O7. The smallest absolute Gasteiger partial charge is 0.416 e. The molecular weight excluding hydrogens is 746 g/mol. The predicted molar refractivity (Wildman–Crippen MR) is 220 cm³/mol. The Morgan fingerprint density at radius 3 is 2.26 bits per heavy atom. The van der Waals surface area contributed by atoms with Gasteiger partial charge in [0.15, 0.2) is 11.5 Å². The highest BCUT2D eigenvalue weighted by Gasteiger charge is 2.40. The largest absolute Gasteiger partial charge is 0.472 e. The zero-order valence-electron chi connectivity index (χ0n) is 34.9. The standard InChI is InChI=1S/C43H54FN7O7/c1-26(2)33-23-45-51-35(22-34(48-36(33)51)56-32-18-19-43(10,11)50(25-32)40(55)58-42(7,8)9)49(39(54)57-41(4,5)6)24-28-14-12-16-30(20-28)47-38(53)29-15-13-17-31(21-29)46-37(52)27(3)44/h12-17,20-23,26,32H,3,18-19,24-25H2,1-2,4-11H3,(H,46,52)(H,47,53)/t32-/m1/s1. The molecule has 0 radical (unpaired) electrons. The summed E-state index contributed by atoms with van der Waals surface area (Å²) in [6.45, 7) is 22.1. The van der Waals surface area contributed by atoms with Crippen molar-refractivity contribution in [1.29, 1.82) is 0 Å². The molecule has 0 unspecified atom stereocenters. The van der Waals surface area contributed by atoms with Gasteiger partial charge < -0.3 is 24.8 Å². The van der Waals surface area contributed by atoms with Gasteiger partial charge in [-0.2, -0.15) is 14.6 Å². The Balaban J connectivity index is 1.48. The molecule has 15 heteroatoms. The third-order valence-electron chi connectivity index (χ3n) is 9.22. The fraction of sp³-hybridized carbons (Fsp3) is 0.442. The highest BCUT2D eigenvalue weighted by atomic mass is 19.1. The van der Waals surface area contributed by atoms with Crippen LogP contribution in [0.25, 0.3) is 5.65 Å². The number of hydrogen-bond acceptors (Lipinski definition) is 9. The van der Waals surface area contributed by atoms with Crippen molar-refractivity contribution in [2.24, 2.45) is 0 Å². The van der Waals surface area contributed by atoms with Crippen molar-refractivity contribution in [3.05, 3.63) is 89.9 Å². The Hall–Kier alpha value is -5.99. The second-order valence-corrected chi connectivity index (χ2v) is 17.3. The first-order chi connectivity index (χ1) is 27.0. The molecule has 3 heterocycles. The van der Waals surface area contributed by atoms with Crippen LogP contribution >= 0.6 is 0 Å². The number of carbonyl (C=O) groups excluding carboxylic acids is 4. The van der Waals surface area contributed by atoms with Gasteiger partial charge in [-0.3, -0.25) is 19.4 Å². The van der Waals surface area contributed by atoms with Gasteiger partial charge in [-0.05, 0) is 110 Å². The first kappa shape index (κ1) is 43.1. The van der Waals surface area contributed by atoms with E-state index >= 15 is 0 Å². The molecule has 1 aliphatic heterocycles. The van der Waals surface area contributed by atoms with Crippen molar-refractivity contribution in [2.75, 3.05) is 22.1 Å². The van der Waals surface area contributed by atoms with Gasteiger partial charge in [-0.25, -0.2) is 14.0 Å². The number of fused-ring (bicyclic) bond motifs is 1. The molecule has 310 valence electrons. The van der Waals surface area contributed by atoms with Crippen LogP contribution in [0.1, 0.15) is 109 Å². The summed E-state index contributed by atoms with van der Waals surface area (Å²) in [7, 11) is 0. The molecule has 1 atom stereocenters. The van der Waals surface area contributed by atoms with E-state index in [2.05, 4.69) is 22.3 Å². The van der Waals surface area contributed by atoms with Gasteiger partial charge >= 0.3 is 12.2 Å². The lowest BCUT2D eigenvalue weighted by Gasteiger charge is -2.45. The maximum Gasteiger partial charge on any atom is 0.416 e. The van der Waals surface area contributed by atoms with Gasteiger partial charge in [0.25, 0.3) is 11.8 Å². The molecule has 58 heavy (non-hydrogen) atoms. The lowest BCUT2D eigenvalue weighted by molar-refractivity contribution is -0.114. The quantitative estimate of drug-likeness (QED) is 0.149. The number of amides is 4. The summed E-state index contributed by atoms with van der Waals surface area (Å²) in [4.78, 5) is 60.6. The topological polar surface area (TPSA) is 157 Å². The molecule has 14 nitrogen and oxygen atoms in total. The highest BCUT2D eigenvalue weighted by Crippen LogP contribution is 2.34. The zero-order chi connectivity index (χ0) is 42.7. The summed E-state index contributed by atoms with van der Waals surface area (Å²) in [5.74, 6) is -2.06. The maximum absolute atomic E-state index is 14.2. The van der Waals surface area contributed by atoms with Crippen LogP contribution in [0.3, 0.4) is 0 Å². The number of nitrogens with one attached hydrogen (secondary N) is 2. The van der Waals surface area contributed by atoms with Crippen LogP contribution in [0.4, 0.5) is 31.2 Å². The Kier molecular flexibility index (Phi) is 12.5. The summed E-state index contributed by atoms with van der Waals surface area (Å²) < 4.78 is 33.1. The van der Waals surface area contributed by atoms with E-state index in [1.165, 1.54) is 17.0 Å². The molecule has 0 spiro atoms. The summed E-state index contributed by atoms with van der Waals surface area (Å²) in [6.07, 6.45) is 1.50. The number of aromatic nitrogens is 3. The van der Waals surface area contributed by atoms with Crippen LogP contribution in [-0.4, -0.2) is 72.9 Å². The van der Waals surface area contributed by atoms with Crippen LogP contribution in [0, 0.1) is 0 Å². The number of nitrogens with zero attached hydrogens (tertiary/aromatic N) is 5. The fourth-order valence-corrected chi connectivity index (χ4v) is 6.33. The molecule has 2 aromatic heterocycles.